The van der Waals surface area contributed by atoms with E-state index in [1.807, 2.05) is 49.4 Å². The van der Waals surface area contributed by atoms with Gasteiger partial charge in [-0.25, -0.2) is 0 Å². The molecule has 33 heavy (non-hydrogen) atoms. The summed E-state index contributed by atoms with van der Waals surface area (Å²) in [6, 6.07) is 25.4. The van der Waals surface area contributed by atoms with E-state index in [1.54, 1.807) is 42.5 Å². The zero-order valence-corrected chi connectivity index (χ0v) is 19.5. The van der Waals surface area contributed by atoms with Crippen LogP contribution in [0.4, 0.5) is 5.69 Å². The second-order valence-corrected chi connectivity index (χ2v) is 8.11. The van der Waals surface area contributed by atoms with E-state index < -0.39 is 5.91 Å². The molecule has 3 aromatic rings. The van der Waals surface area contributed by atoms with Crippen LogP contribution in [0.2, 0.25) is 0 Å². The maximum atomic E-state index is 12.4. The van der Waals surface area contributed by atoms with Crippen LogP contribution in [0, 0.1) is 11.3 Å². The zero-order valence-electron chi connectivity index (χ0n) is 17.9. The average Bonchev–Trinajstić information content (AvgIpc) is 2.82. The first-order valence-corrected chi connectivity index (χ1v) is 11.0. The highest BCUT2D eigenvalue weighted by Gasteiger charge is 2.11. The van der Waals surface area contributed by atoms with Crippen molar-refractivity contribution in [3.05, 3.63) is 100 Å². The molecule has 0 bridgehead atoms. The quantitative estimate of drug-likeness (QED) is 0.324. The van der Waals surface area contributed by atoms with Crippen LogP contribution in [0.5, 0.6) is 5.75 Å². The molecule has 2 N–H and O–H groups in total. The molecule has 7 heteroatoms. The summed E-state index contributed by atoms with van der Waals surface area (Å²) in [5, 5.41) is 15.0. The summed E-state index contributed by atoms with van der Waals surface area (Å²) in [5.41, 5.74) is 2.22. The number of nitriles is 1. The molecule has 2 amide bonds. The van der Waals surface area contributed by atoms with Gasteiger partial charge in [-0.3, -0.25) is 9.59 Å². The molecule has 0 saturated heterocycles. The van der Waals surface area contributed by atoms with Crippen molar-refractivity contribution >= 4 is 39.5 Å². The molecular formula is C26H22BrN3O3. The van der Waals surface area contributed by atoms with Gasteiger partial charge < -0.3 is 15.4 Å². The van der Waals surface area contributed by atoms with Gasteiger partial charge in [-0.05, 0) is 54.5 Å². The van der Waals surface area contributed by atoms with Crippen molar-refractivity contribution in [2.24, 2.45) is 0 Å². The Hall–Kier alpha value is -3.89. The summed E-state index contributed by atoms with van der Waals surface area (Å²) in [6.45, 7) is 1.79. The van der Waals surface area contributed by atoms with E-state index in [0.29, 0.717) is 17.0 Å². The minimum Gasteiger partial charge on any atom is -0.484 e. The van der Waals surface area contributed by atoms with Crippen LogP contribution in [0.3, 0.4) is 0 Å². The Labute approximate surface area is 201 Å². The van der Waals surface area contributed by atoms with Crippen molar-refractivity contribution in [2.75, 3.05) is 11.9 Å². The lowest BCUT2D eigenvalue weighted by molar-refractivity contribution is -0.123. The third-order valence-electron chi connectivity index (χ3n) is 4.69. The summed E-state index contributed by atoms with van der Waals surface area (Å²) < 4.78 is 6.37. The van der Waals surface area contributed by atoms with E-state index in [9.17, 15) is 14.9 Å². The zero-order chi connectivity index (χ0) is 23.6. The van der Waals surface area contributed by atoms with E-state index in [1.165, 1.54) is 6.08 Å². The summed E-state index contributed by atoms with van der Waals surface area (Å²) >= 11 is 3.34. The second-order valence-electron chi connectivity index (χ2n) is 7.19. The third kappa shape index (κ3) is 7.34. The number of anilines is 1. The minimum atomic E-state index is -0.500. The van der Waals surface area contributed by atoms with Crippen LogP contribution in [0.15, 0.2) is 88.9 Å². The predicted octanol–water partition coefficient (Wildman–Crippen LogP) is 5.25. The number of rotatable bonds is 8. The van der Waals surface area contributed by atoms with Crippen molar-refractivity contribution in [3.8, 4) is 11.8 Å². The van der Waals surface area contributed by atoms with E-state index >= 15 is 0 Å². The lowest BCUT2D eigenvalue weighted by Crippen LogP contribution is -2.31. The van der Waals surface area contributed by atoms with Gasteiger partial charge in [-0.2, -0.15) is 5.26 Å². The molecule has 0 saturated carbocycles. The lowest BCUT2D eigenvalue weighted by atomic mass is 10.1. The minimum absolute atomic E-state index is 0.0297. The van der Waals surface area contributed by atoms with E-state index in [0.717, 1.165) is 10.0 Å². The first-order chi connectivity index (χ1) is 15.9. The molecule has 0 radical (unpaired) electrons. The molecule has 0 spiro atoms. The van der Waals surface area contributed by atoms with Gasteiger partial charge in [0.1, 0.15) is 17.4 Å². The highest BCUT2D eigenvalue weighted by atomic mass is 79.9. The van der Waals surface area contributed by atoms with Gasteiger partial charge in [-0.15, -0.1) is 0 Å². The second kappa shape index (κ2) is 11.7. The number of carbonyl (C=O) groups excluding carboxylic acids is 2. The van der Waals surface area contributed by atoms with Crippen LogP contribution in [0.1, 0.15) is 24.1 Å². The normalized spacial score (nSPS) is 11.7. The molecule has 0 aromatic heterocycles. The molecule has 3 aromatic carbocycles. The van der Waals surface area contributed by atoms with Crippen LogP contribution < -0.4 is 15.4 Å². The van der Waals surface area contributed by atoms with Crippen molar-refractivity contribution < 1.29 is 14.3 Å². The Morgan fingerprint density at radius 1 is 1.06 bits per heavy atom. The fourth-order valence-corrected chi connectivity index (χ4v) is 3.40. The number of nitrogens with zero attached hydrogens (tertiary/aromatic N) is 1. The van der Waals surface area contributed by atoms with Crippen LogP contribution in [-0.2, 0) is 9.59 Å². The van der Waals surface area contributed by atoms with Crippen LogP contribution in [-0.4, -0.2) is 18.4 Å². The van der Waals surface area contributed by atoms with Gasteiger partial charge in [0.2, 0.25) is 0 Å². The molecule has 0 unspecified atom stereocenters. The molecular weight excluding hydrogens is 482 g/mol. The van der Waals surface area contributed by atoms with E-state index in [2.05, 4.69) is 26.6 Å². The fourth-order valence-electron chi connectivity index (χ4n) is 3.00. The van der Waals surface area contributed by atoms with Crippen LogP contribution >= 0.6 is 15.9 Å². The van der Waals surface area contributed by atoms with Gasteiger partial charge in [0, 0.05) is 10.2 Å². The first kappa shape index (κ1) is 23.8. The number of carbonyl (C=O) groups is 2. The molecule has 0 aliphatic rings. The maximum absolute atomic E-state index is 12.4. The molecule has 3 rings (SSSR count). The molecule has 6 nitrogen and oxygen atoms in total. The number of halogens is 1. The van der Waals surface area contributed by atoms with Crippen LogP contribution in [0.25, 0.3) is 6.08 Å². The largest absolute Gasteiger partial charge is 0.484 e. The van der Waals surface area contributed by atoms with Crippen molar-refractivity contribution in [2.45, 2.75) is 13.0 Å². The topological polar surface area (TPSA) is 91.2 Å². The average molecular weight is 504 g/mol. The molecule has 166 valence electrons. The molecule has 1 atom stereocenters. The van der Waals surface area contributed by atoms with E-state index in [-0.39, 0.29) is 24.1 Å². The first-order valence-electron chi connectivity index (χ1n) is 10.2. The summed E-state index contributed by atoms with van der Waals surface area (Å²) in [6.07, 6.45) is 1.49. The SMILES string of the molecule is C[C@@H](NC(=O)COc1ccc(/C=C(\C#N)C(=O)Nc2cccc(Br)c2)cc1)c1ccccc1. The number of hydrogen-bond acceptors (Lipinski definition) is 4. The summed E-state index contributed by atoms with van der Waals surface area (Å²) in [7, 11) is 0. The summed E-state index contributed by atoms with van der Waals surface area (Å²) in [4.78, 5) is 24.6. The number of hydrogen-bond donors (Lipinski definition) is 2. The number of nitrogens with one attached hydrogen (secondary N) is 2. The van der Waals surface area contributed by atoms with Crippen molar-refractivity contribution in [3.63, 3.8) is 0 Å². The smallest absolute Gasteiger partial charge is 0.266 e. The third-order valence-corrected chi connectivity index (χ3v) is 5.18. The Morgan fingerprint density at radius 2 is 1.79 bits per heavy atom. The van der Waals surface area contributed by atoms with Gasteiger partial charge in [-0.1, -0.05) is 64.5 Å². The Bertz CT molecular complexity index is 1190. The van der Waals surface area contributed by atoms with Gasteiger partial charge >= 0.3 is 0 Å². The van der Waals surface area contributed by atoms with Crippen molar-refractivity contribution in [1.29, 1.82) is 5.26 Å². The maximum Gasteiger partial charge on any atom is 0.266 e. The van der Waals surface area contributed by atoms with Gasteiger partial charge in [0.05, 0.1) is 6.04 Å². The predicted molar refractivity (Wildman–Crippen MR) is 131 cm³/mol. The lowest BCUT2D eigenvalue weighted by Gasteiger charge is -2.14. The standard InChI is InChI=1S/C26H22BrN3O3/c1-18(20-6-3-2-4-7-20)29-25(31)17-33-24-12-10-19(11-13-24)14-21(16-28)26(32)30-23-9-5-8-22(27)15-23/h2-15,18H,17H2,1H3,(H,29,31)(H,30,32)/b21-14+/t18-/m1/s1. The fraction of sp³-hybridized carbons (Fsp3) is 0.115. The molecule has 0 aliphatic carbocycles. The number of benzene rings is 3. The molecule has 0 aliphatic heterocycles. The molecule has 0 heterocycles. The highest BCUT2D eigenvalue weighted by molar-refractivity contribution is 9.10. The number of ether oxygens (including phenoxy) is 1. The van der Waals surface area contributed by atoms with Gasteiger partial charge in [0.25, 0.3) is 11.8 Å². The van der Waals surface area contributed by atoms with Gasteiger partial charge in [0.15, 0.2) is 6.61 Å². The Balaban J connectivity index is 1.55. The van der Waals surface area contributed by atoms with E-state index in [4.69, 9.17) is 4.74 Å². The molecule has 0 fully saturated rings. The Kier molecular flexibility index (Phi) is 8.39. The van der Waals surface area contributed by atoms with Crippen molar-refractivity contribution in [1.82, 2.24) is 5.32 Å². The Morgan fingerprint density at radius 3 is 2.45 bits per heavy atom. The summed E-state index contributed by atoms with van der Waals surface area (Å²) in [5.74, 6) is -0.224. The monoisotopic (exact) mass is 503 g/mol. The number of amides is 2. The highest BCUT2D eigenvalue weighted by Crippen LogP contribution is 2.18.